The molecule has 25 aromatic rings. The lowest BCUT2D eigenvalue weighted by Crippen LogP contribution is -2.37. The number of halogens is 2. The summed E-state index contributed by atoms with van der Waals surface area (Å²) in [4.78, 5) is 4.67. The van der Waals surface area contributed by atoms with Crippen molar-refractivity contribution in [1.29, 1.82) is 0 Å². The van der Waals surface area contributed by atoms with Crippen LogP contribution in [0, 0.1) is 11.6 Å². The Labute approximate surface area is 839 Å². The summed E-state index contributed by atoms with van der Waals surface area (Å²) >= 11 is 0. The second-order valence-corrected chi connectivity index (χ2v) is 36.9. The lowest BCUT2D eigenvalue weighted by molar-refractivity contribution is 0.0384. The Balaban J connectivity index is 0.000000104. The average molecular weight is 1910 g/mol. The lowest BCUT2D eigenvalue weighted by atomic mass is 10.1. The average Bonchev–Trinajstić information content (AvgIpc) is 1.62. The minimum Gasteiger partial charge on any atom is -0.508 e. The van der Waals surface area contributed by atoms with Gasteiger partial charge in [0.25, 0.3) is 0 Å². The predicted molar refractivity (Wildman–Crippen MR) is 588 cm³/mol. The van der Waals surface area contributed by atoms with Gasteiger partial charge in [0.1, 0.15) is 17.4 Å². The number of morpholine rings is 1. The summed E-state index contributed by atoms with van der Waals surface area (Å²) in [6, 6.07) is 124. The van der Waals surface area contributed by atoms with Crippen LogP contribution in [0.3, 0.4) is 0 Å². The van der Waals surface area contributed by atoms with Crippen LogP contribution >= 0.6 is 0 Å². The van der Waals surface area contributed by atoms with E-state index in [1.807, 2.05) is 98.1 Å². The summed E-state index contributed by atoms with van der Waals surface area (Å²) < 4.78 is 54.2. The molecule has 1 N–H and O–H groups in total. The number of aromatic hydroxyl groups is 1. The second-order valence-electron chi connectivity index (χ2n) is 36.9. The minimum atomic E-state index is -0.237. The fourth-order valence-electron chi connectivity index (χ4n) is 21.2. The molecule has 1 saturated heterocycles. The smallest absolute Gasteiger partial charge is 0.123 e. The maximum Gasteiger partial charge on any atom is 0.123 e. The molecule has 718 valence electrons. The summed E-state index contributed by atoms with van der Waals surface area (Å²) in [6.07, 6.45) is 10.2. The zero-order chi connectivity index (χ0) is 98.7. The summed E-state index contributed by atoms with van der Waals surface area (Å²) in [5.74, 6) is -0.190. The van der Waals surface area contributed by atoms with Crippen molar-refractivity contribution < 1.29 is 18.6 Å². The van der Waals surface area contributed by atoms with E-state index in [1.165, 1.54) is 128 Å². The Morgan fingerprint density at radius 1 is 0.269 bits per heavy atom. The number of ether oxygens (including phenoxy) is 1. The molecule has 26 rings (SSSR count). The Hall–Kier alpha value is -17.1. The van der Waals surface area contributed by atoms with Gasteiger partial charge in [-0.25, -0.2) is 32.2 Å². The highest BCUT2D eigenvalue weighted by Gasteiger charge is 2.23. The van der Waals surface area contributed by atoms with E-state index < -0.39 is 0 Å². The van der Waals surface area contributed by atoms with Crippen LogP contribution in [0.1, 0.15) is 45.7 Å². The maximum absolute atomic E-state index is 13.9. The fourth-order valence-corrected chi connectivity index (χ4v) is 21.2. The number of phenolic OH excluding ortho intramolecular Hbond substituents is 1. The molecule has 1 aliphatic rings. The first-order valence-electron chi connectivity index (χ1n) is 50.0. The first-order chi connectivity index (χ1) is 71.2. The number of aryl methyl sites for hydroxylation is 5. The van der Waals surface area contributed by atoms with E-state index in [0.717, 1.165) is 174 Å². The standard InChI is InChI=1S/C29H30N4O.C26H26N4.2C23H18FN3.C23H19N3O/c1-2-32-28-6-4-3-5-25(28)26-21-24(11-12-29(26)32)33-27(13-15-30-33)23-9-7-22(8-10-23)14-16-31-17-19-34-20-18-31;1-4-29-25-8-6-5-7-22(25)23-17-21(13-14-26(23)29)30-24(15-16-27-30)20-11-9-19(10-12-20)18-28(2)3;1-2-26-22-6-4-3-5-19(22)20-15-18(11-12-23(20)26)27-21(13-14-25-27)16-7-9-17(24)10-8-16;1-2-26-22-10-8-17(24)14-19(22)20-15-18(9-11-23(20)26)27-21(12-13-25-27)16-6-4-3-5-7-16;1-2-25-22-6-4-3-5-19(22)20-15-17(9-12-23(20)25)26-21(13-14-24-26)16-7-10-18(27)11-8-16/h3-13,15,21H,2,14,16-20H2,1H3;5-17H,4,18H2,1-3H3;2*3-15H,2H2,1H3;3-15,27H,2H2,1H3. The largest absolute Gasteiger partial charge is 0.508 e. The van der Waals surface area contributed by atoms with Crippen LogP contribution in [0.4, 0.5) is 8.78 Å². The van der Waals surface area contributed by atoms with Gasteiger partial charge in [-0.1, -0.05) is 152 Å². The third kappa shape index (κ3) is 18.2. The van der Waals surface area contributed by atoms with Crippen LogP contribution in [0.2, 0.25) is 0 Å². The molecule has 0 spiro atoms. The summed E-state index contributed by atoms with van der Waals surface area (Å²) in [6.45, 7) is 21.3. The van der Waals surface area contributed by atoms with Gasteiger partial charge in [-0.3, -0.25) is 4.90 Å². The summed E-state index contributed by atoms with van der Waals surface area (Å²) in [5, 5.41) is 44.5. The molecule has 19 nitrogen and oxygen atoms in total. The van der Waals surface area contributed by atoms with Crippen LogP contribution in [0.15, 0.2) is 395 Å². The van der Waals surface area contributed by atoms with Gasteiger partial charge in [-0.05, 0) is 279 Å². The Bertz CT molecular complexity index is 8740. The molecule has 0 saturated carbocycles. The van der Waals surface area contributed by atoms with Crippen LogP contribution in [-0.2, 0) is 50.4 Å². The van der Waals surface area contributed by atoms with Crippen molar-refractivity contribution in [2.75, 3.05) is 46.9 Å². The van der Waals surface area contributed by atoms with E-state index in [0.29, 0.717) is 0 Å². The maximum atomic E-state index is 13.9. The number of aromatic nitrogens is 15. The molecular weight excluding hydrogens is 1800 g/mol. The number of phenols is 1. The predicted octanol–water partition coefficient (Wildman–Crippen LogP) is 28.3. The van der Waals surface area contributed by atoms with E-state index in [9.17, 15) is 13.9 Å². The van der Waals surface area contributed by atoms with Gasteiger partial charge in [0.2, 0.25) is 0 Å². The summed E-state index contributed by atoms with van der Waals surface area (Å²) in [5.41, 5.74) is 30.6. The SMILES string of the molecule is CCn1c2ccc(F)cc2c2cc(-n3nccc3-c3ccccc3)ccc21.CCn1c2ccccc2c2cc(-n3nccc3-c3ccc(CCN4CCOCC4)cc3)ccc21.CCn1c2ccccc2c2cc(-n3nccc3-c3ccc(CN(C)C)cc3)ccc21.CCn1c2ccccc2c2cc(-n3nccc3-c3ccc(F)cc3)ccc21.CCn1c2ccccc2c2cc(-n3nccc3-c3ccc(O)cc3)ccc21. The number of fused-ring (bicyclic) bond motifs is 15. The molecule has 10 aromatic heterocycles. The first-order valence-corrected chi connectivity index (χ1v) is 50.0. The molecule has 1 fully saturated rings. The topological polar surface area (TPSA) is 150 Å². The lowest BCUT2D eigenvalue weighted by Gasteiger charge is -2.26. The van der Waals surface area contributed by atoms with E-state index in [2.05, 4.69) is 372 Å². The van der Waals surface area contributed by atoms with Crippen LogP contribution < -0.4 is 0 Å². The fraction of sp³-hybridized carbons (Fsp3) is 0.153. The van der Waals surface area contributed by atoms with Crippen molar-refractivity contribution >= 4 is 109 Å². The Morgan fingerprint density at radius 3 is 0.855 bits per heavy atom. The van der Waals surface area contributed by atoms with Crippen molar-refractivity contribution in [3.05, 3.63) is 418 Å². The third-order valence-electron chi connectivity index (χ3n) is 28.0. The monoisotopic (exact) mass is 1910 g/mol. The third-order valence-corrected chi connectivity index (χ3v) is 28.0. The highest BCUT2D eigenvalue weighted by atomic mass is 19.1. The molecule has 15 aromatic carbocycles. The van der Waals surface area contributed by atoms with E-state index in [-0.39, 0.29) is 17.4 Å². The quantitative estimate of drug-likeness (QED) is 0.0787. The van der Waals surface area contributed by atoms with E-state index in [4.69, 9.17) is 4.74 Å². The molecular formula is C124H111F2N17O2. The normalized spacial score (nSPS) is 12.3. The van der Waals surface area contributed by atoms with Gasteiger partial charge >= 0.3 is 0 Å². The highest BCUT2D eigenvalue weighted by molar-refractivity contribution is 6.13. The molecule has 145 heavy (non-hydrogen) atoms. The van der Waals surface area contributed by atoms with Crippen LogP contribution in [0.25, 0.3) is 194 Å². The molecule has 0 aliphatic carbocycles. The molecule has 21 heteroatoms. The molecule has 11 heterocycles. The number of para-hydroxylation sites is 4. The highest BCUT2D eigenvalue weighted by Crippen LogP contribution is 2.41. The summed E-state index contributed by atoms with van der Waals surface area (Å²) in [7, 11) is 4.18. The minimum absolute atomic E-state index is 0.216. The number of hydrogen-bond donors (Lipinski definition) is 1. The van der Waals surface area contributed by atoms with E-state index >= 15 is 0 Å². The number of benzene rings is 15. The Kier molecular flexibility index (Phi) is 26.2. The van der Waals surface area contributed by atoms with Crippen molar-refractivity contribution in [2.24, 2.45) is 0 Å². The van der Waals surface area contributed by atoms with Gasteiger partial charge in [-0.2, -0.15) is 25.5 Å². The number of nitrogens with zero attached hydrogens (tertiary/aromatic N) is 17. The van der Waals surface area contributed by atoms with Crippen LogP contribution in [-0.4, -0.2) is 134 Å². The first kappa shape index (κ1) is 92.9. The van der Waals surface area contributed by atoms with Gasteiger partial charge in [-0.15, -0.1) is 0 Å². The van der Waals surface area contributed by atoms with E-state index in [1.54, 1.807) is 36.5 Å². The van der Waals surface area contributed by atoms with Crippen LogP contribution in [0.5, 0.6) is 5.75 Å². The molecule has 0 atom stereocenters. The van der Waals surface area contributed by atoms with Crippen molar-refractivity contribution in [3.8, 4) is 90.5 Å². The second kappa shape index (κ2) is 40.8. The molecule has 1 aliphatic heterocycles. The zero-order valence-electron chi connectivity index (χ0n) is 82.2. The van der Waals surface area contributed by atoms with Crippen molar-refractivity contribution in [2.45, 2.75) is 80.3 Å². The van der Waals surface area contributed by atoms with Gasteiger partial charge < -0.3 is 37.6 Å². The van der Waals surface area contributed by atoms with Crippen molar-refractivity contribution in [1.82, 2.24) is 81.5 Å². The van der Waals surface area contributed by atoms with Crippen molar-refractivity contribution in [3.63, 3.8) is 0 Å². The molecule has 0 bridgehead atoms. The molecule has 0 radical (unpaired) electrons. The zero-order valence-corrected chi connectivity index (χ0v) is 82.2. The molecule has 0 amide bonds. The molecule has 0 unspecified atom stereocenters. The number of rotatable bonds is 20. The van der Waals surface area contributed by atoms with Gasteiger partial charge in [0, 0.05) is 196 Å². The van der Waals surface area contributed by atoms with Gasteiger partial charge in [0.05, 0.1) is 101 Å². The number of hydrogen-bond acceptors (Lipinski definition) is 9. The Morgan fingerprint density at radius 2 is 0.531 bits per heavy atom. The van der Waals surface area contributed by atoms with Gasteiger partial charge in [0.15, 0.2) is 0 Å².